The van der Waals surface area contributed by atoms with E-state index in [9.17, 15) is 9.18 Å². The molecule has 0 amide bonds. The van der Waals surface area contributed by atoms with Gasteiger partial charge >= 0.3 is 5.97 Å². The number of ether oxygens (including phenoxy) is 3. The number of hydrogen-bond donors (Lipinski definition) is 0. The average Bonchev–Trinajstić information content (AvgIpc) is 3.72. The molecule has 1 aliphatic rings. The maximum absolute atomic E-state index is 14.8. The monoisotopic (exact) mass is 536 g/mol. The molecular weight excluding hydrogens is 499 g/mol. The molecule has 1 atom stereocenters. The van der Waals surface area contributed by atoms with Crippen molar-refractivity contribution in [3.8, 4) is 22.6 Å². The number of benzene rings is 3. The zero-order chi connectivity index (χ0) is 27.1. The van der Waals surface area contributed by atoms with Crippen molar-refractivity contribution in [3.63, 3.8) is 0 Å². The number of methoxy groups -OCH3 is 1. The lowest BCUT2D eigenvalue weighted by atomic mass is 9.90. The van der Waals surface area contributed by atoms with E-state index < -0.39 is 0 Å². The van der Waals surface area contributed by atoms with E-state index in [4.69, 9.17) is 14.2 Å². The summed E-state index contributed by atoms with van der Waals surface area (Å²) in [6.07, 6.45) is 3.87. The van der Waals surface area contributed by atoms with Gasteiger partial charge in [0.2, 0.25) is 0 Å². The standard InChI is InChI=1S/C32H37FO4S/c1-5-36-32(34)18-25(15-22-9-10-22)24-7-6-8-27(17-24)37-20-23-11-13-28(31(16-23)38-21(2)3)29-19-26(35-4)12-14-30(29)33/h6-8,11-14,16-17,19,21-22,25H,5,9-10,15,18,20H2,1-4H3/t25-/m1/s1. The van der Waals surface area contributed by atoms with Crippen LogP contribution in [0.25, 0.3) is 11.1 Å². The van der Waals surface area contributed by atoms with Gasteiger partial charge in [-0.1, -0.05) is 51.0 Å². The second kappa shape index (κ2) is 13.2. The van der Waals surface area contributed by atoms with Crippen molar-refractivity contribution in [2.24, 2.45) is 5.92 Å². The highest BCUT2D eigenvalue weighted by molar-refractivity contribution is 8.00. The van der Waals surface area contributed by atoms with Gasteiger partial charge in [-0.15, -0.1) is 11.8 Å². The normalized spacial score (nSPS) is 13.8. The third-order valence-corrected chi connectivity index (χ3v) is 7.70. The Labute approximate surface area is 229 Å². The molecule has 1 aliphatic carbocycles. The highest BCUT2D eigenvalue weighted by Crippen LogP contribution is 2.41. The van der Waals surface area contributed by atoms with E-state index in [1.165, 1.54) is 18.9 Å². The maximum atomic E-state index is 14.8. The molecule has 0 aliphatic heterocycles. The van der Waals surface area contributed by atoms with Crippen LogP contribution in [-0.4, -0.2) is 24.9 Å². The lowest BCUT2D eigenvalue weighted by Crippen LogP contribution is -2.11. The van der Waals surface area contributed by atoms with Crippen LogP contribution in [-0.2, 0) is 16.1 Å². The van der Waals surface area contributed by atoms with Crippen molar-refractivity contribution < 1.29 is 23.4 Å². The Hall–Kier alpha value is -2.99. The first-order valence-electron chi connectivity index (χ1n) is 13.4. The van der Waals surface area contributed by atoms with Gasteiger partial charge in [-0.25, -0.2) is 4.39 Å². The first-order chi connectivity index (χ1) is 18.4. The smallest absolute Gasteiger partial charge is 0.306 e. The molecule has 38 heavy (non-hydrogen) atoms. The summed E-state index contributed by atoms with van der Waals surface area (Å²) >= 11 is 1.70. The van der Waals surface area contributed by atoms with Gasteiger partial charge in [0.1, 0.15) is 23.9 Å². The van der Waals surface area contributed by atoms with Crippen LogP contribution in [0.3, 0.4) is 0 Å². The van der Waals surface area contributed by atoms with Crippen molar-refractivity contribution >= 4 is 17.7 Å². The minimum absolute atomic E-state index is 0.135. The summed E-state index contributed by atoms with van der Waals surface area (Å²) in [7, 11) is 1.58. The molecule has 0 aromatic heterocycles. The molecule has 4 rings (SSSR count). The number of hydrogen-bond acceptors (Lipinski definition) is 5. The van der Waals surface area contributed by atoms with Gasteiger partial charge in [-0.05, 0) is 78.3 Å². The molecule has 4 nitrogen and oxygen atoms in total. The summed E-state index contributed by atoms with van der Waals surface area (Å²) in [5.41, 5.74) is 3.48. The first kappa shape index (κ1) is 28.0. The molecule has 0 N–H and O–H groups in total. The van der Waals surface area contributed by atoms with Crippen LogP contribution in [0, 0.1) is 11.7 Å². The van der Waals surface area contributed by atoms with Gasteiger partial charge in [-0.2, -0.15) is 0 Å². The summed E-state index contributed by atoms with van der Waals surface area (Å²) in [6.45, 7) is 6.88. The van der Waals surface area contributed by atoms with Crippen LogP contribution in [0.2, 0.25) is 0 Å². The number of rotatable bonds is 13. The summed E-state index contributed by atoms with van der Waals surface area (Å²) < 4.78 is 31.5. The topological polar surface area (TPSA) is 44.8 Å². The fourth-order valence-electron chi connectivity index (χ4n) is 4.61. The highest BCUT2D eigenvalue weighted by atomic mass is 32.2. The number of thioether (sulfide) groups is 1. The quantitative estimate of drug-likeness (QED) is 0.162. The molecule has 1 saturated carbocycles. The molecule has 0 radical (unpaired) electrons. The number of esters is 1. The second-order valence-corrected chi connectivity index (χ2v) is 11.7. The number of carbonyl (C=O) groups is 1. The van der Waals surface area contributed by atoms with E-state index in [0.717, 1.165) is 33.8 Å². The largest absolute Gasteiger partial charge is 0.497 e. The Morgan fingerprint density at radius 2 is 1.84 bits per heavy atom. The molecule has 202 valence electrons. The molecule has 0 unspecified atom stereocenters. The minimum Gasteiger partial charge on any atom is -0.497 e. The summed E-state index contributed by atoms with van der Waals surface area (Å²) in [5.74, 6) is 1.80. The SMILES string of the molecule is CCOC(=O)C[C@@H](CC1CC1)c1cccc(OCc2ccc(-c3cc(OC)ccc3F)c(SC(C)C)c2)c1. The third-order valence-electron chi connectivity index (χ3n) is 6.64. The predicted octanol–water partition coefficient (Wildman–Crippen LogP) is 8.42. The van der Waals surface area contributed by atoms with Crippen LogP contribution < -0.4 is 9.47 Å². The Bertz CT molecular complexity index is 1240. The van der Waals surface area contributed by atoms with Crippen molar-refractivity contribution in [2.75, 3.05) is 13.7 Å². The Kier molecular flexibility index (Phi) is 9.73. The summed E-state index contributed by atoms with van der Waals surface area (Å²) in [4.78, 5) is 13.2. The molecular formula is C32H37FO4S. The molecule has 0 spiro atoms. The zero-order valence-electron chi connectivity index (χ0n) is 22.7. The number of halogens is 1. The third kappa shape index (κ3) is 7.76. The Morgan fingerprint density at radius 3 is 2.55 bits per heavy atom. The summed E-state index contributed by atoms with van der Waals surface area (Å²) in [6, 6.07) is 18.9. The molecule has 3 aromatic rings. The van der Waals surface area contributed by atoms with Crippen molar-refractivity contribution in [3.05, 3.63) is 77.6 Å². The Balaban J connectivity index is 1.52. The molecule has 0 heterocycles. The van der Waals surface area contributed by atoms with Gasteiger partial charge in [0.05, 0.1) is 20.1 Å². The fourth-order valence-corrected chi connectivity index (χ4v) is 5.64. The molecule has 1 fully saturated rings. The maximum Gasteiger partial charge on any atom is 0.306 e. The van der Waals surface area contributed by atoms with Gasteiger partial charge < -0.3 is 14.2 Å². The average molecular weight is 537 g/mol. The van der Waals surface area contributed by atoms with Crippen LogP contribution in [0.15, 0.2) is 65.6 Å². The van der Waals surface area contributed by atoms with E-state index in [-0.39, 0.29) is 17.7 Å². The first-order valence-corrected chi connectivity index (χ1v) is 14.3. The van der Waals surface area contributed by atoms with Crippen LogP contribution in [0.4, 0.5) is 4.39 Å². The van der Waals surface area contributed by atoms with Crippen molar-refractivity contribution in [1.82, 2.24) is 0 Å². The van der Waals surface area contributed by atoms with E-state index in [2.05, 4.69) is 32.0 Å². The predicted molar refractivity (Wildman–Crippen MR) is 151 cm³/mol. The molecule has 3 aromatic carbocycles. The molecule has 0 saturated heterocycles. The minimum atomic E-state index is -0.277. The lowest BCUT2D eigenvalue weighted by molar-refractivity contribution is -0.143. The second-order valence-electron chi connectivity index (χ2n) is 10.1. The lowest BCUT2D eigenvalue weighted by Gasteiger charge is -2.18. The van der Waals surface area contributed by atoms with E-state index >= 15 is 0 Å². The fraction of sp³-hybridized carbons (Fsp3) is 0.406. The van der Waals surface area contributed by atoms with Gasteiger partial charge in [0.25, 0.3) is 0 Å². The van der Waals surface area contributed by atoms with Crippen LogP contribution >= 0.6 is 11.8 Å². The van der Waals surface area contributed by atoms with Gasteiger partial charge in [0, 0.05) is 15.7 Å². The molecule has 0 bridgehead atoms. The van der Waals surface area contributed by atoms with Gasteiger partial charge in [-0.3, -0.25) is 4.79 Å². The van der Waals surface area contributed by atoms with E-state index in [1.807, 2.05) is 31.2 Å². The Morgan fingerprint density at radius 1 is 1.03 bits per heavy atom. The zero-order valence-corrected chi connectivity index (χ0v) is 23.5. The number of carbonyl (C=O) groups excluding carboxylic acids is 1. The highest BCUT2D eigenvalue weighted by Gasteiger charge is 2.28. The summed E-state index contributed by atoms with van der Waals surface area (Å²) in [5, 5.41) is 0.332. The van der Waals surface area contributed by atoms with Crippen molar-refractivity contribution in [2.45, 2.75) is 69.1 Å². The van der Waals surface area contributed by atoms with Crippen LogP contribution in [0.1, 0.15) is 63.5 Å². The van der Waals surface area contributed by atoms with Crippen molar-refractivity contribution in [1.29, 1.82) is 0 Å². The molecule has 6 heteroatoms. The van der Waals surface area contributed by atoms with Crippen LogP contribution in [0.5, 0.6) is 11.5 Å². The van der Waals surface area contributed by atoms with Gasteiger partial charge in [0.15, 0.2) is 0 Å². The van der Waals surface area contributed by atoms with E-state index in [0.29, 0.717) is 42.1 Å². The van der Waals surface area contributed by atoms with E-state index in [1.54, 1.807) is 31.0 Å².